The van der Waals surface area contributed by atoms with Crippen LogP contribution in [0.3, 0.4) is 0 Å². The predicted molar refractivity (Wildman–Crippen MR) is 142 cm³/mol. The summed E-state index contributed by atoms with van der Waals surface area (Å²) in [5.41, 5.74) is 2.12. The second kappa shape index (κ2) is 11.2. The van der Waals surface area contributed by atoms with Gasteiger partial charge in [-0.15, -0.1) is 0 Å². The van der Waals surface area contributed by atoms with Crippen molar-refractivity contribution in [1.82, 2.24) is 4.90 Å². The van der Waals surface area contributed by atoms with Crippen molar-refractivity contribution in [3.8, 4) is 11.5 Å². The van der Waals surface area contributed by atoms with E-state index >= 15 is 0 Å². The first-order chi connectivity index (χ1) is 16.7. The molecule has 3 aromatic carbocycles. The highest BCUT2D eigenvalue weighted by molar-refractivity contribution is 9.10. The molecule has 0 unspecified atom stereocenters. The minimum absolute atomic E-state index is 0.0447. The van der Waals surface area contributed by atoms with Crippen molar-refractivity contribution in [2.75, 3.05) is 7.11 Å². The third kappa shape index (κ3) is 6.09. The number of halogens is 4. The molecule has 0 radical (unpaired) electrons. The van der Waals surface area contributed by atoms with Crippen LogP contribution in [-0.2, 0) is 17.9 Å². The van der Waals surface area contributed by atoms with Gasteiger partial charge in [0.05, 0.1) is 23.0 Å². The van der Waals surface area contributed by atoms with Crippen molar-refractivity contribution in [2.24, 2.45) is 0 Å². The van der Waals surface area contributed by atoms with E-state index in [-0.39, 0.29) is 16.5 Å². The van der Waals surface area contributed by atoms with E-state index in [4.69, 9.17) is 21.1 Å². The molecule has 0 spiro atoms. The van der Waals surface area contributed by atoms with Gasteiger partial charge in [0.25, 0.3) is 11.1 Å². The first-order valence-electron chi connectivity index (χ1n) is 10.2. The predicted octanol–water partition coefficient (Wildman–Crippen LogP) is 7.83. The molecule has 1 aliphatic heterocycles. The van der Waals surface area contributed by atoms with Crippen LogP contribution in [0, 0.1) is 5.82 Å². The molecule has 3 aromatic rings. The van der Waals surface area contributed by atoms with Crippen LogP contribution in [0.15, 0.2) is 68.4 Å². The van der Waals surface area contributed by atoms with Crippen molar-refractivity contribution in [2.45, 2.75) is 13.2 Å². The molecule has 1 heterocycles. The number of carbonyl (C=O) groups excluding carboxylic acids is 2. The summed E-state index contributed by atoms with van der Waals surface area (Å²) in [6.45, 7) is 0.295. The first-order valence-corrected chi connectivity index (χ1v) is 13.0. The number of imide groups is 1. The summed E-state index contributed by atoms with van der Waals surface area (Å²) in [7, 11) is 1.53. The number of benzene rings is 3. The SMILES string of the molecule is COc1cc(/C=C2\SC(=O)N(Cc3ccc(F)cc3Cl)C2=O)cc(Br)c1OCc1ccc(Br)cc1. The largest absolute Gasteiger partial charge is 0.493 e. The highest BCUT2D eigenvalue weighted by Crippen LogP contribution is 2.40. The van der Waals surface area contributed by atoms with Gasteiger partial charge >= 0.3 is 0 Å². The fourth-order valence-corrected chi connectivity index (χ4v) is 5.21. The zero-order valence-corrected chi connectivity index (χ0v) is 22.9. The van der Waals surface area contributed by atoms with Gasteiger partial charge in [-0.05, 0) is 86.9 Å². The van der Waals surface area contributed by atoms with Crippen molar-refractivity contribution in [1.29, 1.82) is 0 Å². The van der Waals surface area contributed by atoms with Gasteiger partial charge < -0.3 is 9.47 Å². The van der Waals surface area contributed by atoms with E-state index in [2.05, 4.69) is 31.9 Å². The summed E-state index contributed by atoms with van der Waals surface area (Å²) < 4.78 is 26.4. The minimum atomic E-state index is -0.489. The molecular weight excluding hydrogens is 625 g/mol. The Morgan fingerprint density at radius 2 is 1.83 bits per heavy atom. The smallest absolute Gasteiger partial charge is 0.293 e. The lowest BCUT2D eigenvalue weighted by molar-refractivity contribution is -0.123. The highest BCUT2D eigenvalue weighted by atomic mass is 79.9. The second-order valence-electron chi connectivity index (χ2n) is 7.45. The maximum atomic E-state index is 13.3. The third-order valence-corrected chi connectivity index (χ3v) is 7.44. The molecule has 1 saturated heterocycles. The van der Waals surface area contributed by atoms with Gasteiger partial charge in [0.15, 0.2) is 11.5 Å². The van der Waals surface area contributed by atoms with E-state index in [0.717, 1.165) is 32.8 Å². The average molecular weight is 642 g/mol. The van der Waals surface area contributed by atoms with Crippen molar-refractivity contribution < 1.29 is 23.5 Å². The van der Waals surface area contributed by atoms with Crippen molar-refractivity contribution in [3.05, 3.63) is 96.0 Å². The number of amides is 2. The van der Waals surface area contributed by atoms with Crippen LogP contribution in [0.5, 0.6) is 11.5 Å². The molecule has 0 aromatic heterocycles. The van der Waals surface area contributed by atoms with Crippen LogP contribution >= 0.6 is 55.2 Å². The van der Waals surface area contributed by atoms with Gasteiger partial charge in [0.1, 0.15) is 12.4 Å². The summed E-state index contributed by atoms with van der Waals surface area (Å²) in [5.74, 6) is 0.0503. The number of hydrogen-bond acceptors (Lipinski definition) is 5. The maximum absolute atomic E-state index is 13.3. The van der Waals surface area contributed by atoms with Crippen LogP contribution in [0.2, 0.25) is 5.02 Å². The average Bonchev–Trinajstić information content (AvgIpc) is 3.08. The molecule has 35 heavy (non-hydrogen) atoms. The Labute approximate surface area is 227 Å². The number of thioether (sulfide) groups is 1. The van der Waals surface area contributed by atoms with Crippen LogP contribution < -0.4 is 9.47 Å². The van der Waals surface area contributed by atoms with E-state index in [0.29, 0.717) is 33.7 Å². The monoisotopic (exact) mass is 639 g/mol. The molecule has 0 atom stereocenters. The molecule has 10 heteroatoms. The molecule has 180 valence electrons. The Kier molecular flexibility index (Phi) is 8.21. The third-order valence-electron chi connectivity index (χ3n) is 5.06. The van der Waals surface area contributed by atoms with Crippen LogP contribution in [0.4, 0.5) is 9.18 Å². The first kappa shape index (κ1) is 25.8. The lowest BCUT2D eigenvalue weighted by atomic mass is 10.1. The fourth-order valence-electron chi connectivity index (χ4n) is 3.31. The van der Waals surface area contributed by atoms with Crippen molar-refractivity contribution >= 4 is 72.4 Å². The molecule has 0 aliphatic carbocycles. The molecule has 1 fully saturated rings. The van der Waals surface area contributed by atoms with Gasteiger partial charge in [0, 0.05) is 9.50 Å². The van der Waals surface area contributed by atoms with Gasteiger partial charge in [-0.25, -0.2) is 4.39 Å². The van der Waals surface area contributed by atoms with Crippen molar-refractivity contribution in [3.63, 3.8) is 0 Å². The second-order valence-corrected chi connectivity index (χ2v) is 10.6. The van der Waals surface area contributed by atoms with Gasteiger partial charge in [-0.1, -0.05) is 45.7 Å². The Morgan fingerprint density at radius 1 is 1.09 bits per heavy atom. The number of rotatable bonds is 7. The van der Waals surface area contributed by atoms with Gasteiger partial charge in [-0.2, -0.15) is 0 Å². The normalized spacial score (nSPS) is 14.7. The number of nitrogens with zero attached hydrogens (tertiary/aromatic N) is 1. The summed E-state index contributed by atoms with van der Waals surface area (Å²) in [6, 6.07) is 15.1. The quantitative estimate of drug-likeness (QED) is 0.246. The van der Waals surface area contributed by atoms with E-state index in [9.17, 15) is 14.0 Å². The fraction of sp³-hybridized carbons (Fsp3) is 0.120. The Bertz CT molecular complexity index is 1330. The molecule has 1 aliphatic rings. The van der Waals surface area contributed by atoms with Gasteiger partial charge in [-0.3, -0.25) is 14.5 Å². The maximum Gasteiger partial charge on any atom is 0.293 e. The Hall–Kier alpha value is -2.33. The standard InChI is InChI=1S/C25H17Br2ClFNO4S/c1-33-21-9-15(8-19(27)23(21)34-13-14-2-5-17(26)6-3-14)10-22-24(31)30(25(32)35-22)12-16-4-7-18(29)11-20(16)28/h2-11H,12-13H2,1H3/b22-10-. The van der Waals surface area contributed by atoms with Gasteiger partial charge in [0.2, 0.25) is 0 Å². The minimum Gasteiger partial charge on any atom is -0.493 e. The Balaban J connectivity index is 1.53. The molecule has 0 bridgehead atoms. The van der Waals surface area contributed by atoms with Crippen LogP contribution in [-0.4, -0.2) is 23.2 Å². The zero-order valence-electron chi connectivity index (χ0n) is 18.2. The zero-order chi connectivity index (χ0) is 25.1. The summed E-state index contributed by atoms with van der Waals surface area (Å²) >= 11 is 13.8. The van der Waals surface area contributed by atoms with E-state index < -0.39 is 17.0 Å². The van der Waals surface area contributed by atoms with E-state index in [1.54, 1.807) is 18.2 Å². The van der Waals surface area contributed by atoms with Crippen LogP contribution in [0.25, 0.3) is 6.08 Å². The summed E-state index contributed by atoms with van der Waals surface area (Å²) in [4.78, 5) is 26.8. The van der Waals surface area contributed by atoms with E-state index in [1.807, 2.05) is 24.3 Å². The Morgan fingerprint density at radius 3 is 2.51 bits per heavy atom. The highest BCUT2D eigenvalue weighted by Gasteiger charge is 2.35. The summed E-state index contributed by atoms with van der Waals surface area (Å²) in [5, 5.41) is -0.275. The van der Waals surface area contributed by atoms with E-state index in [1.165, 1.54) is 19.2 Å². The molecule has 0 N–H and O–H groups in total. The summed E-state index contributed by atoms with van der Waals surface area (Å²) in [6.07, 6.45) is 1.61. The molecular formula is C25H17Br2ClFNO4S. The molecule has 0 saturated carbocycles. The number of ether oxygens (including phenoxy) is 2. The molecule has 2 amide bonds. The lowest BCUT2D eigenvalue weighted by Gasteiger charge is -2.14. The topological polar surface area (TPSA) is 55.8 Å². The lowest BCUT2D eigenvalue weighted by Crippen LogP contribution is -2.27. The number of carbonyl (C=O) groups is 2. The number of methoxy groups -OCH3 is 1. The molecule has 5 nitrogen and oxygen atoms in total. The van der Waals surface area contributed by atoms with Crippen LogP contribution in [0.1, 0.15) is 16.7 Å². The molecule has 4 rings (SSSR count). The number of hydrogen-bond donors (Lipinski definition) is 0.